The van der Waals surface area contributed by atoms with Gasteiger partial charge in [0.15, 0.2) is 5.13 Å². The van der Waals surface area contributed by atoms with Crippen molar-refractivity contribution in [2.45, 2.75) is 11.8 Å². The maximum atomic E-state index is 11.9. The molecule has 0 amide bonds. The second kappa shape index (κ2) is 4.34. The highest BCUT2D eigenvalue weighted by Gasteiger charge is 2.15. The molecule has 1 heterocycles. The van der Waals surface area contributed by atoms with E-state index in [9.17, 15) is 8.42 Å². The molecule has 0 aliphatic heterocycles. The van der Waals surface area contributed by atoms with Crippen LogP contribution in [0, 0.1) is 6.92 Å². The Morgan fingerprint density at radius 3 is 2.47 bits per heavy atom. The molecule has 2 rings (SSSR count). The number of aryl methyl sites for hydroxylation is 1. The molecule has 0 aliphatic rings. The van der Waals surface area contributed by atoms with Crippen LogP contribution in [0.25, 0.3) is 0 Å². The Bertz CT molecular complexity index is 617. The normalized spacial score (nSPS) is 11.4. The number of rotatable bonds is 3. The molecule has 0 saturated heterocycles. The van der Waals surface area contributed by atoms with Crippen molar-refractivity contribution in [3.05, 3.63) is 35.3 Å². The average Bonchev–Trinajstić information content (AvgIpc) is 2.63. The van der Waals surface area contributed by atoms with Gasteiger partial charge in [-0.05, 0) is 31.2 Å². The van der Waals surface area contributed by atoms with Gasteiger partial charge in [-0.2, -0.15) is 0 Å². The number of thiazole rings is 1. The minimum atomic E-state index is -3.63. The van der Waals surface area contributed by atoms with Crippen molar-refractivity contribution in [1.29, 1.82) is 0 Å². The number of aromatic hydroxyl groups is 1. The summed E-state index contributed by atoms with van der Waals surface area (Å²) in [4.78, 5) is 4.10. The number of hydrogen-bond donors (Lipinski definition) is 2. The molecule has 0 atom stereocenters. The molecule has 0 unspecified atom stereocenters. The molecule has 2 aromatic rings. The van der Waals surface area contributed by atoms with Gasteiger partial charge in [0.2, 0.25) is 0 Å². The zero-order valence-corrected chi connectivity index (χ0v) is 10.5. The van der Waals surface area contributed by atoms with Crippen LogP contribution in [0.2, 0.25) is 0 Å². The van der Waals surface area contributed by atoms with Crippen LogP contribution in [0.5, 0.6) is 5.75 Å². The number of aromatic nitrogens is 1. The van der Waals surface area contributed by atoms with E-state index in [1.165, 1.54) is 35.6 Å². The Labute approximate surface area is 103 Å². The van der Waals surface area contributed by atoms with E-state index in [1.807, 2.05) is 0 Å². The van der Waals surface area contributed by atoms with Crippen LogP contribution in [0.3, 0.4) is 0 Å². The van der Waals surface area contributed by atoms with E-state index >= 15 is 0 Å². The van der Waals surface area contributed by atoms with Crippen LogP contribution in [0.4, 0.5) is 5.13 Å². The molecule has 0 aliphatic carbocycles. The monoisotopic (exact) mass is 270 g/mol. The molecule has 0 spiro atoms. The molecule has 7 heteroatoms. The minimum Gasteiger partial charge on any atom is -0.508 e. The zero-order valence-electron chi connectivity index (χ0n) is 8.91. The summed E-state index contributed by atoms with van der Waals surface area (Å²) in [7, 11) is -3.63. The van der Waals surface area contributed by atoms with Gasteiger partial charge in [0.25, 0.3) is 10.0 Å². The number of nitrogens with zero attached hydrogens (tertiary/aromatic N) is 1. The Morgan fingerprint density at radius 1 is 1.29 bits per heavy atom. The summed E-state index contributed by atoms with van der Waals surface area (Å²) >= 11 is 1.22. The van der Waals surface area contributed by atoms with Gasteiger partial charge in [-0.25, -0.2) is 13.4 Å². The van der Waals surface area contributed by atoms with Gasteiger partial charge < -0.3 is 5.11 Å². The molecule has 0 radical (unpaired) electrons. The zero-order chi connectivity index (χ0) is 12.5. The summed E-state index contributed by atoms with van der Waals surface area (Å²) < 4.78 is 26.2. The predicted molar refractivity (Wildman–Crippen MR) is 65.8 cm³/mol. The Balaban J connectivity index is 2.28. The number of benzene rings is 1. The number of phenolic OH excluding ortho intramolecular Hbond substituents is 1. The highest BCUT2D eigenvalue weighted by Crippen LogP contribution is 2.20. The molecule has 0 fully saturated rings. The summed E-state index contributed by atoms with van der Waals surface area (Å²) in [5, 5.41) is 11.2. The molecule has 0 saturated carbocycles. The fourth-order valence-corrected chi connectivity index (χ4v) is 3.14. The Hall–Kier alpha value is -1.60. The Morgan fingerprint density at radius 2 is 1.94 bits per heavy atom. The minimum absolute atomic E-state index is 0.0223. The van der Waals surface area contributed by atoms with Gasteiger partial charge in [0, 0.05) is 5.38 Å². The predicted octanol–water partition coefficient (Wildman–Crippen LogP) is 1.96. The lowest BCUT2D eigenvalue weighted by molar-refractivity contribution is 0.475. The molecule has 0 bridgehead atoms. The summed E-state index contributed by atoms with van der Waals surface area (Å²) in [6, 6.07) is 5.31. The van der Waals surface area contributed by atoms with Gasteiger partial charge in [0.05, 0.1) is 10.6 Å². The Kier molecular flexibility index (Phi) is 3.03. The summed E-state index contributed by atoms with van der Waals surface area (Å²) in [5.41, 5.74) is 0.762. The van der Waals surface area contributed by atoms with Gasteiger partial charge in [-0.3, -0.25) is 4.72 Å². The molecule has 2 N–H and O–H groups in total. The maximum Gasteiger partial charge on any atom is 0.263 e. The average molecular weight is 270 g/mol. The largest absolute Gasteiger partial charge is 0.508 e. The summed E-state index contributed by atoms with van der Waals surface area (Å²) in [5.74, 6) is 0.0223. The molecule has 90 valence electrons. The second-order valence-corrected chi connectivity index (χ2v) is 5.93. The van der Waals surface area contributed by atoms with Crippen molar-refractivity contribution in [1.82, 2.24) is 4.98 Å². The lowest BCUT2D eigenvalue weighted by atomic mass is 10.3. The number of phenols is 1. The molecule has 5 nitrogen and oxygen atoms in total. The molecular weight excluding hydrogens is 260 g/mol. The third-order valence-corrected chi connectivity index (χ3v) is 4.35. The smallest absolute Gasteiger partial charge is 0.263 e. The van der Waals surface area contributed by atoms with Crippen LogP contribution < -0.4 is 4.72 Å². The van der Waals surface area contributed by atoms with Crippen LogP contribution in [-0.4, -0.2) is 18.5 Å². The van der Waals surface area contributed by atoms with Gasteiger partial charge in [0.1, 0.15) is 5.75 Å². The first-order valence-corrected chi connectivity index (χ1v) is 7.08. The van der Waals surface area contributed by atoms with E-state index in [0.29, 0.717) is 5.13 Å². The van der Waals surface area contributed by atoms with E-state index in [4.69, 9.17) is 5.11 Å². The van der Waals surface area contributed by atoms with Crippen molar-refractivity contribution >= 4 is 26.5 Å². The summed E-state index contributed by atoms with van der Waals surface area (Å²) in [6.07, 6.45) is 0. The summed E-state index contributed by atoms with van der Waals surface area (Å²) in [6.45, 7) is 1.79. The first-order chi connectivity index (χ1) is 7.97. The highest BCUT2D eigenvalue weighted by atomic mass is 32.2. The fourth-order valence-electron chi connectivity index (χ4n) is 1.20. The van der Waals surface area contributed by atoms with Crippen LogP contribution in [0.15, 0.2) is 34.5 Å². The molecular formula is C10H10N2O3S2. The lowest BCUT2D eigenvalue weighted by Crippen LogP contribution is -2.12. The van der Waals surface area contributed by atoms with Crippen LogP contribution in [-0.2, 0) is 10.0 Å². The second-order valence-electron chi connectivity index (χ2n) is 3.39. The standard InChI is InChI=1S/C10H10N2O3S2/c1-7-6-16-10(11-7)12-17(14,15)9-4-2-8(13)3-5-9/h2-6,13H,1H3,(H,11,12). The van der Waals surface area contributed by atoms with E-state index in [-0.39, 0.29) is 10.6 Å². The van der Waals surface area contributed by atoms with Crippen LogP contribution in [0.1, 0.15) is 5.69 Å². The lowest BCUT2D eigenvalue weighted by Gasteiger charge is -2.04. The number of nitrogens with one attached hydrogen (secondary N) is 1. The van der Waals surface area contributed by atoms with E-state index in [0.717, 1.165) is 5.69 Å². The molecule has 17 heavy (non-hydrogen) atoms. The molecule has 1 aromatic carbocycles. The van der Waals surface area contributed by atoms with Gasteiger partial charge in [-0.15, -0.1) is 11.3 Å². The number of hydrogen-bond acceptors (Lipinski definition) is 5. The first kappa shape index (κ1) is 11.9. The van der Waals surface area contributed by atoms with E-state index < -0.39 is 10.0 Å². The molecule has 1 aromatic heterocycles. The highest BCUT2D eigenvalue weighted by molar-refractivity contribution is 7.93. The third-order valence-electron chi connectivity index (χ3n) is 1.99. The fraction of sp³-hybridized carbons (Fsp3) is 0.100. The van der Waals surface area contributed by atoms with Crippen LogP contribution >= 0.6 is 11.3 Å². The van der Waals surface area contributed by atoms with Crippen molar-refractivity contribution in [3.8, 4) is 5.75 Å². The van der Waals surface area contributed by atoms with E-state index in [2.05, 4.69) is 9.71 Å². The van der Waals surface area contributed by atoms with Crippen molar-refractivity contribution in [2.24, 2.45) is 0 Å². The first-order valence-electron chi connectivity index (χ1n) is 4.71. The van der Waals surface area contributed by atoms with Crippen molar-refractivity contribution in [3.63, 3.8) is 0 Å². The van der Waals surface area contributed by atoms with Crippen molar-refractivity contribution in [2.75, 3.05) is 4.72 Å². The van der Waals surface area contributed by atoms with Crippen molar-refractivity contribution < 1.29 is 13.5 Å². The number of anilines is 1. The third kappa shape index (κ3) is 2.75. The quantitative estimate of drug-likeness (QED) is 0.893. The number of sulfonamides is 1. The maximum absolute atomic E-state index is 11.9. The van der Waals surface area contributed by atoms with Gasteiger partial charge in [-0.1, -0.05) is 0 Å². The van der Waals surface area contributed by atoms with E-state index in [1.54, 1.807) is 12.3 Å². The topological polar surface area (TPSA) is 79.3 Å². The van der Waals surface area contributed by atoms with Gasteiger partial charge >= 0.3 is 0 Å². The SMILES string of the molecule is Cc1csc(NS(=O)(=O)c2ccc(O)cc2)n1.